The van der Waals surface area contributed by atoms with E-state index >= 15 is 0 Å². The molecule has 4 rings (SSSR count). The van der Waals surface area contributed by atoms with E-state index in [1.165, 1.54) is 21.3 Å². The maximum absolute atomic E-state index is 13.5. The average Bonchev–Trinajstić information content (AvgIpc) is 3.53. The van der Waals surface area contributed by atoms with E-state index < -0.39 is 44.5 Å². The lowest BCUT2D eigenvalue weighted by Crippen LogP contribution is -2.50. The summed E-state index contributed by atoms with van der Waals surface area (Å²) in [6.45, 7) is 5.77. The molecule has 4 atom stereocenters. The molecule has 0 aromatic heterocycles. The molecule has 0 saturated heterocycles. The summed E-state index contributed by atoms with van der Waals surface area (Å²) in [6.07, 6.45) is 8.84. The van der Waals surface area contributed by atoms with Crippen LogP contribution in [0.3, 0.4) is 0 Å². The lowest BCUT2D eigenvalue weighted by molar-refractivity contribution is -0.168. The minimum Gasteiger partial charge on any atom is -0.468 e. The molecule has 0 amide bonds. The van der Waals surface area contributed by atoms with E-state index in [0.717, 1.165) is 36.0 Å². The SMILES string of the molecule is COC(=O)C1=C[C@@H](/C=C/c2ccccc2)[C@@]2(CCC[C@@H]2NS(=O)C(C)(C)C)C2=C(C1)CC(C(=O)OC)(C(=O)OC)C2. The van der Waals surface area contributed by atoms with Crippen molar-refractivity contribution in [3.05, 3.63) is 64.8 Å². The molecule has 1 saturated carbocycles. The fourth-order valence-electron chi connectivity index (χ4n) is 6.78. The summed E-state index contributed by atoms with van der Waals surface area (Å²) >= 11 is 0. The quantitative estimate of drug-likeness (QED) is 0.212. The molecule has 9 heteroatoms. The third-order valence-electron chi connectivity index (χ3n) is 8.77. The number of benzene rings is 1. The van der Waals surface area contributed by atoms with Gasteiger partial charge in [-0.1, -0.05) is 66.1 Å². The molecule has 1 spiro atoms. The second-order valence-corrected chi connectivity index (χ2v) is 14.1. The number of hydrogen-bond acceptors (Lipinski definition) is 7. The Morgan fingerprint density at radius 2 is 1.66 bits per heavy atom. The number of methoxy groups -OCH3 is 3. The molecule has 0 aliphatic heterocycles. The fraction of sp³-hybridized carbons (Fsp3) is 0.531. The topological polar surface area (TPSA) is 108 Å². The molecular weight excluding hydrogens is 542 g/mol. The van der Waals surface area contributed by atoms with E-state index in [-0.39, 0.29) is 31.2 Å². The summed E-state index contributed by atoms with van der Waals surface area (Å²) < 4.78 is 31.9. The molecule has 41 heavy (non-hydrogen) atoms. The van der Waals surface area contributed by atoms with Crippen LogP contribution in [0.4, 0.5) is 0 Å². The van der Waals surface area contributed by atoms with Gasteiger partial charge in [-0.15, -0.1) is 0 Å². The summed E-state index contributed by atoms with van der Waals surface area (Å²) in [6, 6.07) is 9.64. The highest BCUT2D eigenvalue weighted by molar-refractivity contribution is 7.84. The maximum atomic E-state index is 13.5. The van der Waals surface area contributed by atoms with E-state index in [9.17, 15) is 18.6 Å². The Morgan fingerprint density at radius 1 is 1.00 bits per heavy atom. The third kappa shape index (κ3) is 5.71. The molecule has 1 aromatic rings. The first-order valence-corrected chi connectivity index (χ1v) is 15.2. The van der Waals surface area contributed by atoms with Gasteiger partial charge in [-0.05, 0) is 52.0 Å². The van der Waals surface area contributed by atoms with Crippen LogP contribution in [0.25, 0.3) is 6.08 Å². The summed E-state index contributed by atoms with van der Waals surface area (Å²) in [4.78, 5) is 39.7. The van der Waals surface area contributed by atoms with Crippen LogP contribution in [0.1, 0.15) is 64.9 Å². The van der Waals surface area contributed by atoms with Gasteiger partial charge in [0.2, 0.25) is 0 Å². The summed E-state index contributed by atoms with van der Waals surface area (Å²) in [5.41, 5.74) is 1.04. The van der Waals surface area contributed by atoms with Crippen molar-refractivity contribution in [3.63, 3.8) is 0 Å². The smallest absolute Gasteiger partial charge is 0.333 e. The molecule has 1 aromatic carbocycles. The van der Waals surface area contributed by atoms with Crippen molar-refractivity contribution in [2.75, 3.05) is 21.3 Å². The lowest BCUT2D eigenvalue weighted by atomic mass is 9.64. The van der Waals surface area contributed by atoms with E-state index in [4.69, 9.17) is 14.2 Å². The van der Waals surface area contributed by atoms with Gasteiger partial charge in [0, 0.05) is 29.4 Å². The second-order valence-electron chi connectivity index (χ2n) is 12.1. The Bertz CT molecular complexity index is 1290. The van der Waals surface area contributed by atoms with Gasteiger partial charge in [-0.3, -0.25) is 9.59 Å². The summed E-state index contributed by atoms with van der Waals surface area (Å²) in [5, 5.41) is 0. The minimum atomic E-state index is -1.55. The number of ether oxygens (including phenoxy) is 3. The molecule has 0 radical (unpaired) electrons. The highest BCUT2D eigenvalue weighted by atomic mass is 32.2. The van der Waals surface area contributed by atoms with Gasteiger partial charge in [0.05, 0.1) is 37.1 Å². The lowest BCUT2D eigenvalue weighted by Gasteiger charge is -2.43. The van der Waals surface area contributed by atoms with Crippen LogP contribution in [0.5, 0.6) is 0 Å². The van der Waals surface area contributed by atoms with Crippen molar-refractivity contribution >= 4 is 35.0 Å². The first kappa shape index (κ1) is 30.9. The van der Waals surface area contributed by atoms with Crippen LogP contribution in [0, 0.1) is 16.7 Å². The monoisotopic (exact) mass is 583 g/mol. The Balaban J connectivity index is 1.95. The number of allylic oxidation sites excluding steroid dienone is 3. The van der Waals surface area contributed by atoms with E-state index in [1.807, 2.05) is 63.3 Å². The fourth-order valence-corrected chi connectivity index (χ4v) is 7.72. The predicted molar refractivity (Wildman–Crippen MR) is 158 cm³/mol. The van der Waals surface area contributed by atoms with E-state index in [2.05, 4.69) is 10.8 Å². The average molecular weight is 584 g/mol. The van der Waals surface area contributed by atoms with Crippen LogP contribution in [-0.4, -0.2) is 54.2 Å². The zero-order chi connectivity index (χ0) is 30.0. The van der Waals surface area contributed by atoms with Crippen molar-refractivity contribution in [3.8, 4) is 0 Å². The molecule has 1 unspecified atom stereocenters. The van der Waals surface area contributed by atoms with Gasteiger partial charge >= 0.3 is 17.9 Å². The Labute approximate surface area is 245 Å². The number of rotatable bonds is 7. The maximum Gasteiger partial charge on any atom is 0.333 e. The van der Waals surface area contributed by atoms with Gasteiger partial charge in [0.1, 0.15) is 0 Å². The van der Waals surface area contributed by atoms with Crippen molar-refractivity contribution in [2.24, 2.45) is 16.7 Å². The zero-order valence-electron chi connectivity index (χ0n) is 24.8. The number of nitrogens with one attached hydrogen (secondary N) is 1. The van der Waals surface area contributed by atoms with Gasteiger partial charge in [-0.2, -0.15) is 0 Å². The van der Waals surface area contributed by atoms with Crippen LogP contribution >= 0.6 is 0 Å². The van der Waals surface area contributed by atoms with E-state index in [0.29, 0.717) is 5.57 Å². The molecule has 1 fully saturated rings. The second kappa shape index (κ2) is 12.1. The largest absolute Gasteiger partial charge is 0.468 e. The Morgan fingerprint density at radius 3 is 2.24 bits per heavy atom. The third-order valence-corrected chi connectivity index (χ3v) is 10.4. The summed E-state index contributed by atoms with van der Waals surface area (Å²) in [7, 11) is 2.51. The molecule has 3 aliphatic rings. The molecule has 222 valence electrons. The highest BCUT2D eigenvalue weighted by Gasteiger charge is 2.61. The minimum absolute atomic E-state index is 0.0853. The normalized spacial score (nSPS) is 26.3. The number of hydrogen-bond donors (Lipinski definition) is 1. The first-order chi connectivity index (χ1) is 19.4. The van der Waals surface area contributed by atoms with Gasteiger partial charge in [0.15, 0.2) is 5.41 Å². The van der Waals surface area contributed by atoms with Crippen molar-refractivity contribution < 1.29 is 32.8 Å². The van der Waals surface area contributed by atoms with Gasteiger partial charge in [-0.25, -0.2) is 13.7 Å². The molecule has 1 N–H and O–H groups in total. The molecular formula is C32H41NO7S. The summed E-state index contributed by atoms with van der Waals surface area (Å²) in [5.74, 6) is -2.09. The Hall–Kier alpha value is -3.04. The Kier molecular flexibility index (Phi) is 9.09. The molecule has 3 aliphatic carbocycles. The molecule has 0 bridgehead atoms. The molecule has 8 nitrogen and oxygen atoms in total. The first-order valence-electron chi connectivity index (χ1n) is 14.0. The van der Waals surface area contributed by atoms with Crippen LogP contribution in [-0.2, 0) is 39.6 Å². The molecule has 0 heterocycles. The van der Waals surface area contributed by atoms with Crippen LogP contribution in [0.15, 0.2) is 59.2 Å². The van der Waals surface area contributed by atoms with Crippen LogP contribution < -0.4 is 4.72 Å². The van der Waals surface area contributed by atoms with Crippen molar-refractivity contribution in [2.45, 2.75) is 70.1 Å². The predicted octanol–water partition coefficient (Wildman–Crippen LogP) is 4.83. The van der Waals surface area contributed by atoms with Gasteiger partial charge < -0.3 is 14.2 Å². The number of esters is 3. The number of carbonyl (C=O) groups excluding carboxylic acids is 3. The number of carbonyl (C=O) groups is 3. The zero-order valence-corrected chi connectivity index (χ0v) is 25.6. The van der Waals surface area contributed by atoms with Crippen molar-refractivity contribution in [1.82, 2.24) is 4.72 Å². The van der Waals surface area contributed by atoms with E-state index in [1.54, 1.807) is 0 Å². The van der Waals surface area contributed by atoms with Crippen molar-refractivity contribution in [1.29, 1.82) is 0 Å². The highest BCUT2D eigenvalue weighted by Crippen LogP contribution is 2.61. The number of fused-ring (bicyclic) bond motifs is 1. The standard InChI is InChI=1S/C32H41NO7S/c1-30(2,3)41(37)33-26-13-10-16-32(26)24(15-14-21-11-8-7-9-12-21)18-22(27(34)38-4)17-23-19-31(20-25(23)32,28(35)39-5)29(36)40-6/h7-9,11-12,14-15,18,24,26,33H,10,13,16-17,19-20H2,1-6H3/b15-14+/t24-,26+,32+,41?/m1/s1. The van der Waals surface area contributed by atoms with Crippen LogP contribution in [0.2, 0.25) is 0 Å². The van der Waals surface area contributed by atoms with Gasteiger partial charge in [0.25, 0.3) is 0 Å².